The van der Waals surface area contributed by atoms with Crippen LogP contribution in [0.2, 0.25) is 0 Å². The second-order valence-corrected chi connectivity index (χ2v) is 4.45. The quantitative estimate of drug-likeness (QED) is 0.661. The summed E-state index contributed by atoms with van der Waals surface area (Å²) in [5.41, 5.74) is 6.35. The summed E-state index contributed by atoms with van der Waals surface area (Å²) in [6.45, 7) is 8.12. The van der Waals surface area contributed by atoms with E-state index in [2.05, 4.69) is 75.0 Å². The van der Waals surface area contributed by atoms with Crippen LogP contribution >= 0.6 is 0 Å². The van der Waals surface area contributed by atoms with Crippen molar-refractivity contribution in [2.45, 2.75) is 13.8 Å². The number of hydrogen-bond donors (Lipinski definition) is 0. The monoisotopic (exact) mass is 234 g/mol. The zero-order valence-electron chi connectivity index (χ0n) is 11.0. The zero-order valence-corrected chi connectivity index (χ0v) is 11.0. The van der Waals surface area contributed by atoms with Crippen molar-refractivity contribution in [2.24, 2.45) is 0 Å². The molecule has 0 aliphatic heterocycles. The number of aryl methyl sites for hydroxylation is 2. The number of benzene rings is 2. The first-order valence-corrected chi connectivity index (χ1v) is 6.18. The SMILES string of the molecule is C=CC=C(c1ccccc1C)c1ccccc1C. The lowest BCUT2D eigenvalue weighted by Gasteiger charge is -2.13. The highest BCUT2D eigenvalue weighted by Crippen LogP contribution is 2.28. The van der Waals surface area contributed by atoms with E-state index in [4.69, 9.17) is 0 Å². The van der Waals surface area contributed by atoms with E-state index in [0.29, 0.717) is 0 Å². The van der Waals surface area contributed by atoms with E-state index in [-0.39, 0.29) is 0 Å². The van der Waals surface area contributed by atoms with Gasteiger partial charge in [0.05, 0.1) is 0 Å². The van der Waals surface area contributed by atoms with Crippen molar-refractivity contribution in [2.75, 3.05) is 0 Å². The Labute approximate surface area is 109 Å². The Morgan fingerprint density at radius 2 is 1.28 bits per heavy atom. The molecule has 2 aromatic rings. The molecule has 0 saturated heterocycles. The van der Waals surface area contributed by atoms with Crippen LogP contribution in [0, 0.1) is 13.8 Å². The van der Waals surface area contributed by atoms with E-state index in [9.17, 15) is 0 Å². The van der Waals surface area contributed by atoms with Crippen molar-refractivity contribution >= 4 is 5.57 Å². The first-order valence-electron chi connectivity index (χ1n) is 6.18. The lowest BCUT2D eigenvalue weighted by molar-refractivity contribution is 1.37. The Bertz CT molecular complexity index is 541. The summed E-state index contributed by atoms with van der Waals surface area (Å²) in [5, 5.41) is 0. The summed E-state index contributed by atoms with van der Waals surface area (Å²) in [6, 6.07) is 16.9. The molecule has 18 heavy (non-hydrogen) atoms. The van der Waals surface area contributed by atoms with Gasteiger partial charge in [-0.1, -0.05) is 67.3 Å². The van der Waals surface area contributed by atoms with Gasteiger partial charge >= 0.3 is 0 Å². The topological polar surface area (TPSA) is 0 Å². The van der Waals surface area contributed by atoms with Crippen LogP contribution in [0.5, 0.6) is 0 Å². The van der Waals surface area contributed by atoms with E-state index in [1.807, 2.05) is 6.08 Å². The molecular weight excluding hydrogens is 216 g/mol. The van der Waals surface area contributed by atoms with E-state index in [0.717, 1.165) is 0 Å². The predicted molar refractivity (Wildman–Crippen MR) is 79.6 cm³/mol. The van der Waals surface area contributed by atoms with Crippen molar-refractivity contribution < 1.29 is 0 Å². The maximum absolute atomic E-state index is 3.83. The third-order valence-corrected chi connectivity index (χ3v) is 3.15. The largest absolute Gasteiger partial charge is 0.0990 e. The molecule has 0 bridgehead atoms. The van der Waals surface area contributed by atoms with Gasteiger partial charge in [-0.15, -0.1) is 0 Å². The predicted octanol–water partition coefficient (Wildman–Crippen LogP) is 4.92. The minimum absolute atomic E-state index is 1.24. The molecule has 0 spiro atoms. The van der Waals surface area contributed by atoms with Gasteiger partial charge in [0.15, 0.2) is 0 Å². The third-order valence-electron chi connectivity index (χ3n) is 3.15. The molecule has 0 unspecified atom stereocenters. The van der Waals surface area contributed by atoms with Crippen LogP contribution in [-0.4, -0.2) is 0 Å². The average Bonchev–Trinajstić information content (AvgIpc) is 2.38. The van der Waals surface area contributed by atoms with Gasteiger partial charge in [-0.3, -0.25) is 0 Å². The minimum Gasteiger partial charge on any atom is -0.0990 e. The molecule has 0 saturated carbocycles. The first-order chi connectivity index (χ1) is 8.74. The van der Waals surface area contributed by atoms with E-state index >= 15 is 0 Å². The van der Waals surface area contributed by atoms with E-state index in [1.165, 1.54) is 27.8 Å². The number of allylic oxidation sites excluding steroid dienone is 2. The highest BCUT2D eigenvalue weighted by atomic mass is 14.1. The summed E-state index contributed by atoms with van der Waals surface area (Å²) >= 11 is 0. The molecule has 0 fully saturated rings. The Balaban J connectivity index is 2.62. The van der Waals surface area contributed by atoms with Crippen molar-refractivity contribution in [3.05, 3.63) is 89.5 Å². The summed E-state index contributed by atoms with van der Waals surface area (Å²) < 4.78 is 0. The molecule has 0 N–H and O–H groups in total. The van der Waals surface area contributed by atoms with Gasteiger partial charge in [0.25, 0.3) is 0 Å². The van der Waals surface area contributed by atoms with Gasteiger partial charge in [-0.2, -0.15) is 0 Å². The Hall–Kier alpha value is -2.08. The van der Waals surface area contributed by atoms with Gasteiger partial charge in [0.1, 0.15) is 0 Å². The maximum atomic E-state index is 3.83. The second-order valence-electron chi connectivity index (χ2n) is 4.45. The fourth-order valence-electron chi connectivity index (χ4n) is 2.19. The lowest BCUT2D eigenvalue weighted by atomic mass is 9.91. The molecule has 0 heterocycles. The Morgan fingerprint density at radius 3 is 1.67 bits per heavy atom. The van der Waals surface area contributed by atoms with Crippen LogP contribution in [-0.2, 0) is 0 Å². The van der Waals surface area contributed by atoms with Crippen molar-refractivity contribution in [3.8, 4) is 0 Å². The summed E-state index contributed by atoms with van der Waals surface area (Å²) in [5.74, 6) is 0. The fourth-order valence-corrected chi connectivity index (χ4v) is 2.19. The summed E-state index contributed by atoms with van der Waals surface area (Å²) in [7, 11) is 0. The van der Waals surface area contributed by atoms with Gasteiger partial charge in [-0.05, 0) is 41.7 Å². The van der Waals surface area contributed by atoms with Crippen LogP contribution < -0.4 is 0 Å². The van der Waals surface area contributed by atoms with Crippen LogP contribution in [0.25, 0.3) is 5.57 Å². The summed E-state index contributed by atoms with van der Waals surface area (Å²) in [4.78, 5) is 0. The normalized spacial score (nSPS) is 9.89. The highest BCUT2D eigenvalue weighted by Gasteiger charge is 2.08. The molecule has 2 aromatic carbocycles. The Kier molecular flexibility index (Phi) is 3.78. The van der Waals surface area contributed by atoms with Gasteiger partial charge in [0.2, 0.25) is 0 Å². The summed E-state index contributed by atoms with van der Waals surface area (Å²) in [6.07, 6.45) is 3.94. The smallest absolute Gasteiger partial charge is 0.0106 e. The molecule has 0 aliphatic carbocycles. The molecule has 0 amide bonds. The number of hydrogen-bond acceptors (Lipinski definition) is 0. The first kappa shape index (κ1) is 12.4. The zero-order chi connectivity index (χ0) is 13.0. The Morgan fingerprint density at radius 1 is 0.833 bits per heavy atom. The van der Waals surface area contributed by atoms with Crippen molar-refractivity contribution in [1.82, 2.24) is 0 Å². The van der Waals surface area contributed by atoms with Crippen LogP contribution in [0.15, 0.2) is 67.3 Å². The molecule has 0 atom stereocenters. The maximum Gasteiger partial charge on any atom is -0.0106 e. The molecular formula is C18H18. The second kappa shape index (κ2) is 5.50. The third kappa shape index (κ3) is 2.43. The average molecular weight is 234 g/mol. The molecule has 0 aliphatic rings. The highest BCUT2D eigenvalue weighted by molar-refractivity contribution is 5.83. The van der Waals surface area contributed by atoms with E-state index < -0.39 is 0 Å². The standard InChI is InChI=1S/C18H18/c1-4-9-18(16-12-7-5-10-14(16)2)17-13-8-6-11-15(17)3/h4-13H,1H2,2-3H3. The minimum atomic E-state index is 1.24. The van der Waals surface area contributed by atoms with Gasteiger partial charge < -0.3 is 0 Å². The van der Waals surface area contributed by atoms with Crippen LogP contribution in [0.4, 0.5) is 0 Å². The molecule has 2 rings (SSSR count). The van der Waals surface area contributed by atoms with Crippen LogP contribution in [0.3, 0.4) is 0 Å². The van der Waals surface area contributed by atoms with Crippen molar-refractivity contribution in [1.29, 1.82) is 0 Å². The van der Waals surface area contributed by atoms with Gasteiger partial charge in [-0.25, -0.2) is 0 Å². The van der Waals surface area contributed by atoms with Crippen molar-refractivity contribution in [3.63, 3.8) is 0 Å². The van der Waals surface area contributed by atoms with Gasteiger partial charge in [0, 0.05) is 0 Å². The molecule has 0 nitrogen and oxygen atoms in total. The fraction of sp³-hybridized carbons (Fsp3) is 0.111. The van der Waals surface area contributed by atoms with Crippen LogP contribution in [0.1, 0.15) is 22.3 Å². The molecule has 0 aromatic heterocycles. The number of rotatable bonds is 3. The molecule has 0 heteroatoms. The molecule has 0 radical (unpaired) electrons. The lowest BCUT2D eigenvalue weighted by Crippen LogP contribution is -1.93. The molecule has 90 valence electrons. The van der Waals surface area contributed by atoms with E-state index in [1.54, 1.807) is 0 Å².